The SMILES string of the molecule is C=C/C=C\C(=C(/C)N(c1ccc2c(c1)oc1c2c2cccc3c4c(n1c32)C(C)(C)c1cc(N(c2ccccc2C(C)(C)C)c2ccccc2C(C)(C)C)ccc1-4)c1ccccc1C(C)(C)C)C(C)(C)C. The van der Waals surface area contributed by atoms with Gasteiger partial charge in [-0.1, -0.05) is 201 Å². The monoisotopic (exact) mass is 922 g/mol. The second-order valence-corrected chi connectivity index (χ2v) is 24.4. The molecule has 0 spiro atoms. The number of anilines is 5. The Hall–Kier alpha value is -6.78. The third-order valence-electron chi connectivity index (χ3n) is 15.0. The van der Waals surface area contributed by atoms with Crippen LogP contribution in [0.25, 0.3) is 49.5 Å². The van der Waals surface area contributed by atoms with Crippen LogP contribution in [0.15, 0.2) is 168 Å². The van der Waals surface area contributed by atoms with Gasteiger partial charge >= 0.3 is 0 Å². The van der Waals surface area contributed by atoms with E-state index in [4.69, 9.17) is 4.42 Å². The molecule has 1 aliphatic carbocycles. The molecular weight excluding hydrogens is 851 g/mol. The molecule has 0 unspecified atom stereocenters. The normalized spacial score (nSPS) is 14.6. The molecule has 0 saturated carbocycles. The van der Waals surface area contributed by atoms with Gasteiger partial charge in [-0.25, -0.2) is 0 Å². The van der Waals surface area contributed by atoms with Crippen LogP contribution in [-0.4, -0.2) is 4.40 Å². The Bertz CT molecular complexity index is 3530. The molecular formula is C66H71N3O. The molecule has 0 fully saturated rings. The molecule has 70 heavy (non-hydrogen) atoms. The molecule has 4 nitrogen and oxygen atoms in total. The highest BCUT2D eigenvalue weighted by Gasteiger charge is 2.43. The van der Waals surface area contributed by atoms with E-state index in [2.05, 4.69) is 264 Å². The van der Waals surface area contributed by atoms with Crippen molar-refractivity contribution in [2.45, 2.75) is 126 Å². The molecule has 4 heteroatoms. The van der Waals surface area contributed by atoms with E-state index in [9.17, 15) is 0 Å². The molecule has 0 saturated heterocycles. The summed E-state index contributed by atoms with van der Waals surface area (Å²) in [6.07, 6.45) is 6.14. The van der Waals surface area contributed by atoms with Gasteiger partial charge in [-0.15, -0.1) is 0 Å². The third kappa shape index (κ3) is 7.31. The maximum Gasteiger partial charge on any atom is 0.213 e. The molecule has 3 aromatic heterocycles. The summed E-state index contributed by atoms with van der Waals surface area (Å²) in [6.45, 7) is 38.8. The van der Waals surface area contributed by atoms with Crippen molar-refractivity contribution in [1.82, 2.24) is 4.40 Å². The van der Waals surface area contributed by atoms with Crippen molar-refractivity contribution in [2.75, 3.05) is 9.80 Å². The second-order valence-electron chi connectivity index (χ2n) is 24.4. The first-order valence-electron chi connectivity index (χ1n) is 25.2. The summed E-state index contributed by atoms with van der Waals surface area (Å²) in [5, 5.41) is 4.78. The maximum absolute atomic E-state index is 7.31. The lowest BCUT2D eigenvalue weighted by Crippen LogP contribution is -2.24. The second kappa shape index (κ2) is 16.1. The molecule has 0 aliphatic heterocycles. The molecule has 6 aromatic carbocycles. The summed E-state index contributed by atoms with van der Waals surface area (Å²) < 4.78 is 9.79. The predicted octanol–water partition coefficient (Wildman–Crippen LogP) is 19.3. The van der Waals surface area contributed by atoms with Crippen molar-refractivity contribution in [1.29, 1.82) is 0 Å². The van der Waals surface area contributed by atoms with Crippen molar-refractivity contribution in [3.63, 3.8) is 0 Å². The molecule has 0 N–H and O–H groups in total. The number of benzene rings is 6. The van der Waals surface area contributed by atoms with E-state index in [1.54, 1.807) is 0 Å². The Kier molecular flexibility index (Phi) is 10.8. The Labute approximate surface area is 417 Å². The average molecular weight is 922 g/mol. The molecule has 3 heterocycles. The summed E-state index contributed by atoms with van der Waals surface area (Å²) in [4.78, 5) is 4.97. The molecule has 356 valence electrons. The highest BCUT2D eigenvalue weighted by Crippen LogP contribution is 2.57. The first-order valence-corrected chi connectivity index (χ1v) is 25.2. The van der Waals surface area contributed by atoms with Crippen LogP contribution >= 0.6 is 0 Å². The van der Waals surface area contributed by atoms with Crippen molar-refractivity contribution in [3.05, 3.63) is 191 Å². The minimum atomic E-state index is -0.362. The van der Waals surface area contributed by atoms with Gasteiger partial charge in [0, 0.05) is 73.0 Å². The molecule has 1 aliphatic rings. The van der Waals surface area contributed by atoms with E-state index in [0.29, 0.717) is 0 Å². The van der Waals surface area contributed by atoms with Crippen molar-refractivity contribution >= 4 is 66.8 Å². The molecule has 9 aromatic rings. The quantitative estimate of drug-likeness (QED) is 0.142. The lowest BCUT2D eigenvalue weighted by molar-refractivity contribution is 0.510. The van der Waals surface area contributed by atoms with Gasteiger partial charge in [-0.3, -0.25) is 4.40 Å². The summed E-state index contributed by atoms with van der Waals surface area (Å²) >= 11 is 0. The highest BCUT2D eigenvalue weighted by atomic mass is 16.3. The van der Waals surface area contributed by atoms with Crippen LogP contribution in [-0.2, 0) is 21.7 Å². The standard InChI is InChI=1S/C66H71N3O/c1-17-18-28-48(62(3,4)5)41(2)67(53-32-22-19-29-49(53)63(6,7)8)43-36-38-45-56(40-43)70-61-58(45)47-27-25-26-46-57-44-37-35-42(39-52(44)66(15,16)60(57)69(61)59(46)47)68(54-33-23-20-30-50(54)64(9,10)11)55-34-24-21-31-51(55)65(12,13)14/h17-40H,1H2,2-16H3/b28-18-,48-41-. The van der Waals surface area contributed by atoms with Gasteiger partial charge in [0.05, 0.1) is 10.9 Å². The predicted molar refractivity (Wildman–Crippen MR) is 302 cm³/mol. The number of aromatic nitrogens is 1. The van der Waals surface area contributed by atoms with Crippen LogP contribution in [0, 0.1) is 5.41 Å². The summed E-state index contributed by atoms with van der Waals surface area (Å²) in [6, 6.07) is 47.7. The number of allylic oxidation sites excluding steroid dienone is 5. The van der Waals surface area contributed by atoms with Crippen molar-refractivity contribution in [3.8, 4) is 11.1 Å². The zero-order chi connectivity index (χ0) is 50.0. The van der Waals surface area contributed by atoms with Gasteiger partial charge in [0.1, 0.15) is 5.58 Å². The van der Waals surface area contributed by atoms with Gasteiger partial charge in [0.25, 0.3) is 0 Å². The number of nitrogens with zero attached hydrogens (tertiary/aromatic N) is 3. The molecule has 0 radical (unpaired) electrons. The Morgan fingerprint density at radius 1 is 0.600 bits per heavy atom. The van der Waals surface area contributed by atoms with Gasteiger partial charge < -0.3 is 14.2 Å². The zero-order valence-electron chi connectivity index (χ0n) is 44.3. The lowest BCUT2D eigenvalue weighted by Gasteiger charge is -2.36. The Balaban J connectivity index is 1.19. The van der Waals surface area contributed by atoms with E-state index in [0.717, 1.165) is 39.4 Å². The van der Waals surface area contributed by atoms with Crippen LogP contribution in [0.1, 0.15) is 132 Å². The van der Waals surface area contributed by atoms with E-state index in [1.165, 1.54) is 77.7 Å². The molecule has 0 amide bonds. The Morgan fingerprint density at radius 2 is 1.14 bits per heavy atom. The van der Waals surface area contributed by atoms with Crippen molar-refractivity contribution in [2.24, 2.45) is 5.41 Å². The van der Waals surface area contributed by atoms with Gasteiger partial charge in [-0.05, 0) is 104 Å². The molecule has 0 atom stereocenters. The minimum absolute atomic E-state index is 0.0741. The first kappa shape index (κ1) is 46.9. The Morgan fingerprint density at radius 3 is 1.71 bits per heavy atom. The molecule has 0 bridgehead atoms. The fourth-order valence-corrected chi connectivity index (χ4v) is 11.8. The summed E-state index contributed by atoms with van der Waals surface area (Å²) in [5.41, 5.74) is 19.6. The van der Waals surface area contributed by atoms with Gasteiger partial charge in [0.2, 0.25) is 5.71 Å². The van der Waals surface area contributed by atoms with Crippen LogP contribution in [0.2, 0.25) is 0 Å². The molecule has 10 rings (SSSR count). The van der Waals surface area contributed by atoms with Crippen LogP contribution in [0.5, 0.6) is 0 Å². The minimum Gasteiger partial charge on any atom is -0.439 e. The summed E-state index contributed by atoms with van der Waals surface area (Å²) in [5.74, 6) is 0. The number of hydrogen-bond donors (Lipinski definition) is 0. The maximum atomic E-state index is 7.31. The highest BCUT2D eigenvalue weighted by molar-refractivity contribution is 6.25. The van der Waals surface area contributed by atoms with E-state index < -0.39 is 0 Å². The number of para-hydroxylation sites is 4. The van der Waals surface area contributed by atoms with E-state index in [1.807, 2.05) is 6.08 Å². The fourth-order valence-electron chi connectivity index (χ4n) is 11.8. The van der Waals surface area contributed by atoms with E-state index >= 15 is 0 Å². The van der Waals surface area contributed by atoms with Crippen LogP contribution < -0.4 is 9.80 Å². The fraction of sp³-hybridized carbons (Fsp3) is 0.303. The number of rotatable bonds is 8. The number of hydrogen-bond acceptors (Lipinski definition) is 3. The van der Waals surface area contributed by atoms with Crippen molar-refractivity contribution < 1.29 is 4.42 Å². The van der Waals surface area contributed by atoms with Gasteiger partial charge in [-0.2, -0.15) is 0 Å². The summed E-state index contributed by atoms with van der Waals surface area (Å²) in [7, 11) is 0. The number of fused-ring (bicyclic) bond motifs is 10. The zero-order valence-corrected chi connectivity index (χ0v) is 44.3. The average Bonchev–Trinajstić information content (AvgIpc) is 4.00. The third-order valence-corrected chi connectivity index (χ3v) is 15.0. The lowest BCUT2D eigenvalue weighted by atomic mass is 9.82. The largest absolute Gasteiger partial charge is 0.439 e. The topological polar surface area (TPSA) is 24.0 Å². The van der Waals surface area contributed by atoms with Crippen LogP contribution in [0.3, 0.4) is 0 Å². The first-order chi connectivity index (χ1) is 32.9. The van der Waals surface area contributed by atoms with E-state index in [-0.39, 0.29) is 27.1 Å². The van der Waals surface area contributed by atoms with Gasteiger partial charge in [0.15, 0.2) is 0 Å². The smallest absolute Gasteiger partial charge is 0.213 e. The number of furan rings is 1. The van der Waals surface area contributed by atoms with Crippen LogP contribution in [0.4, 0.5) is 28.4 Å².